The molecular formula is C19H23NO. The van der Waals surface area contributed by atoms with E-state index < -0.39 is 0 Å². The molecule has 0 aromatic heterocycles. The van der Waals surface area contributed by atoms with E-state index in [1.165, 1.54) is 16.9 Å². The standard InChI is InChI=1S/C19H23NO/c1-3-19(21)15-8-10-17(11-9-15)20-13-14(2)12-16-6-4-5-7-18(16)20/h4-11,14,19,21H,3,12-13H2,1-2H3. The Morgan fingerprint density at radius 1 is 1.14 bits per heavy atom. The number of aliphatic hydroxyl groups is 1. The lowest BCUT2D eigenvalue weighted by atomic mass is 9.93. The molecule has 110 valence electrons. The number of hydrogen-bond donors (Lipinski definition) is 1. The molecule has 2 aromatic carbocycles. The van der Waals surface area contributed by atoms with E-state index in [9.17, 15) is 5.11 Å². The lowest BCUT2D eigenvalue weighted by Crippen LogP contribution is -2.30. The Morgan fingerprint density at radius 2 is 1.86 bits per heavy atom. The number of para-hydroxylation sites is 1. The fourth-order valence-electron chi connectivity index (χ4n) is 3.15. The number of aliphatic hydroxyl groups excluding tert-OH is 1. The summed E-state index contributed by atoms with van der Waals surface area (Å²) in [4.78, 5) is 2.39. The fourth-order valence-corrected chi connectivity index (χ4v) is 3.15. The van der Waals surface area contributed by atoms with Crippen LogP contribution in [0.3, 0.4) is 0 Å². The summed E-state index contributed by atoms with van der Waals surface area (Å²) in [5.74, 6) is 0.654. The van der Waals surface area contributed by atoms with Gasteiger partial charge in [0.05, 0.1) is 6.10 Å². The average Bonchev–Trinajstić information content (AvgIpc) is 2.53. The highest BCUT2D eigenvalue weighted by molar-refractivity contribution is 5.68. The molecule has 0 amide bonds. The van der Waals surface area contributed by atoms with Gasteiger partial charge in [-0.05, 0) is 48.1 Å². The van der Waals surface area contributed by atoms with Crippen molar-refractivity contribution in [1.29, 1.82) is 0 Å². The first kappa shape index (κ1) is 14.2. The zero-order valence-electron chi connectivity index (χ0n) is 12.8. The number of rotatable bonds is 3. The number of nitrogens with zero attached hydrogens (tertiary/aromatic N) is 1. The van der Waals surface area contributed by atoms with Gasteiger partial charge in [-0.15, -0.1) is 0 Å². The molecule has 0 bridgehead atoms. The molecule has 2 atom stereocenters. The number of anilines is 2. The maximum Gasteiger partial charge on any atom is 0.0787 e. The van der Waals surface area contributed by atoms with Crippen molar-refractivity contribution in [2.75, 3.05) is 11.4 Å². The highest BCUT2D eigenvalue weighted by Crippen LogP contribution is 2.35. The lowest BCUT2D eigenvalue weighted by Gasteiger charge is -2.35. The van der Waals surface area contributed by atoms with Gasteiger partial charge >= 0.3 is 0 Å². The zero-order chi connectivity index (χ0) is 14.8. The summed E-state index contributed by atoms with van der Waals surface area (Å²) in [7, 11) is 0. The third kappa shape index (κ3) is 2.81. The molecular weight excluding hydrogens is 258 g/mol. The van der Waals surface area contributed by atoms with Crippen LogP contribution in [0.5, 0.6) is 0 Å². The Hall–Kier alpha value is -1.80. The fraction of sp³-hybridized carbons (Fsp3) is 0.368. The highest BCUT2D eigenvalue weighted by atomic mass is 16.3. The largest absolute Gasteiger partial charge is 0.388 e. The van der Waals surface area contributed by atoms with Crippen LogP contribution in [0.25, 0.3) is 0 Å². The van der Waals surface area contributed by atoms with Gasteiger partial charge in [-0.3, -0.25) is 0 Å². The Morgan fingerprint density at radius 3 is 2.57 bits per heavy atom. The summed E-state index contributed by atoms with van der Waals surface area (Å²) in [6, 6.07) is 17.0. The zero-order valence-corrected chi connectivity index (χ0v) is 12.8. The van der Waals surface area contributed by atoms with Gasteiger partial charge in [0.2, 0.25) is 0 Å². The molecule has 1 N–H and O–H groups in total. The van der Waals surface area contributed by atoms with Gasteiger partial charge in [-0.25, -0.2) is 0 Å². The van der Waals surface area contributed by atoms with Crippen LogP contribution in [0.1, 0.15) is 37.5 Å². The minimum atomic E-state index is -0.355. The summed E-state index contributed by atoms with van der Waals surface area (Å²) in [6.45, 7) is 5.35. The van der Waals surface area contributed by atoms with Crippen molar-refractivity contribution in [2.45, 2.75) is 32.8 Å². The molecule has 3 rings (SSSR count). The first-order valence-electron chi connectivity index (χ1n) is 7.82. The second kappa shape index (κ2) is 5.90. The monoisotopic (exact) mass is 281 g/mol. The molecule has 0 aliphatic carbocycles. The molecule has 2 unspecified atom stereocenters. The van der Waals surface area contributed by atoms with Gasteiger partial charge in [0, 0.05) is 17.9 Å². The molecule has 1 aliphatic rings. The number of benzene rings is 2. The maximum atomic E-state index is 9.92. The van der Waals surface area contributed by atoms with E-state index in [1.807, 2.05) is 19.1 Å². The molecule has 2 aromatic rings. The number of hydrogen-bond acceptors (Lipinski definition) is 2. The van der Waals surface area contributed by atoms with E-state index in [4.69, 9.17) is 0 Å². The van der Waals surface area contributed by atoms with E-state index >= 15 is 0 Å². The predicted molar refractivity (Wildman–Crippen MR) is 88.0 cm³/mol. The quantitative estimate of drug-likeness (QED) is 0.898. The van der Waals surface area contributed by atoms with Crippen molar-refractivity contribution in [3.63, 3.8) is 0 Å². The van der Waals surface area contributed by atoms with Crippen molar-refractivity contribution in [3.05, 3.63) is 59.7 Å². The Balaban J connectivity index is 1.93. The minimum absolute atomic E-state index is 0.355. The molecule has 0 saturated carbocycles. The molecule has 0 fully saturated rings. The molecule has 0 saturated heterocycles. The molecule has 1 heterocycles. The van der Waals surface area contributed by atoms with Gasteiger partial charge in [0.15, 0.2) is 0 Å². The van der Waals surface area contributed by atoms with Crippen LogP contribution in [0.15, 0.2) is 48.5 Å². The summed E-state index contributed by atoms with van der Waals surface area (Å²) in [5, 5.41) is 9.92. The van der Waals surface area contributed by atoms with Gasteiger partial charge in [0.25, 0.3) is 0 Å². The summed E-state index contributed by atoms with van der Waals surface area (Å²) >= 11 is 0. The average molecular weight is 281 g/mol. The van der Waals surface area contributed by atoms with Crippen molar-refractivity contribution in [3.8, 4) is 0 Å². The van der Waals surface area contributed by atoms with Crippen molar-refractivity contribution in [2.24, 2.45) is 5.92 Å². The van der Waals surface area contributed by atoms with Crippen LogP contribution in [-0.4, -0.2) is 11.7 Å². The Kier molecular flexibility index (Phi) is 3.98. The van der Waals surface area contributed by atoms with E-state index in [2.05, 4.69) is 48.2 Å². The van der Waals surface area contributed by atoms with Crippen LogP contribution in [0, 0.1) is 5.92 Å². The van der Waals surface area contributed by atoms with Crippen LogP contribution in [-0.2, 0) is 6.42 Å². The van der Waals surface area contributed by atoms with Crippen molar-refractivity contribution >= 4 is 11.4 Å². The van der Waals surface area contributed by atoms with Gasteiger partial charge < -0.3 is 10.0 Å². The SMILES string of the molecule is CCC(O)c1ccc(N2CC(C)Cc3ccccc32)cc1. The summed E-state index contributed by atoms with van der Waals surface area (Å²) in [6.07, 6.45) is 1.55. The lowest BCUT2D eigenvalue weighted by molar-refractivity contribution is 0.173. The van der Waals surface area contributed by atoms with Gasteiger partial charge in [-0.2, -0.15) is 0 Å². The molecule has 2 nitrogen and oxygen atoms in total. The third-order valence-electron chi connectivity index (χ3n) is 4.32. The molecule has 2 heteroatoms. The van der Waals surface area contributed by atoms with E-state index in [0.717, 1.165) is 24.9 Å². The molecule has 21 heavy (non-hydrogen) atoms. The topological polar surface area (TPSA) is 23.5 Å². The normalized spacial score (nSPS) is 19.2. The molecule has 1 aliphatic heterocycles. The van der Waals surface area contributed by atoms with Gasteiger partial charge in [0.1, 0.15) is 0 Å². The maximum absolute atomic E-state index is 9.92. The first-order chi connectivity index (χ1) is 10.2. The van der Waals surface area contributed by atoms with Crippen LogP contribution >= 0.6 is 0 Å². The third-order valence-corrected chi connectivity index (χ3v) is 4.32. The second-order valence-corrected chi connectivity index (χ2v) is 6.06. The Labute approximate surface area is 127 Å². The molecule has 0 spiro atoms. The molecule has 0 radical (unpaired) electrons. The van der Waals surface area contributed by atoms with Crippen LogP contribution in [0.4, 0.5) is 11.4 Å². The van der Waals surface area contributed by atoms with Crippen molar-refractivity contribution in [1.82, 2.24) is 0 Å². The van der Waals surface area contributed by atoms with E-state index in [1.54, 1.807) is 0 Å². The summed E-state index contributed by atoms with van der Waals surface area (Å²) in [5.41, 5.74) is 4.95. The second-order valence-electron chi connectivity index (χ2n) is 6.06. The highest BCUT2D eigenvalue weighted by Gasteiger charge is 2.22. The first-order valence-corrected chi connectivity index (χ1v) is 7.82. The smallest absolute Gasteiger partial charge is 0.0787 e. The minimum Gasteiger partial charge on any atom is -0.388 e. The predicted octanol–water partition coefficient (Wildman–Crippen LogP) is 4.46. The van der Waals surface area contributed by atoms with Crippen LogP contribution in [0.2, 0.25) is 0 Å². The van der Waals surface area contributed by atoms with Gasteiger partial charge in [-0.1, -0.05) is 44.2 Å². The summed E-state index contributed by atoms with van der Waals surface area (Å²) < 4.78 is 0. The van der Waals surface area contributed by atoms with E-state index in [-0.39, 0.29) is 6.10 Å². The number of fused-ring (bicyclic) bond motifs is 1. The van der Waals surface area contributed by atoms with Crippen molar-refractivity contribution < 1.29 is 5.11 Å². The van der Waals surface area contributed by atoms with Crippen LogP contribution < -0.4 is 4.90 Å². The Bertz CT molecular complexity index is 605. The van der Waals surface area contributed by atoms with E-state index in [0.29, 0.717) is 5.92 Å².